The van der Waals surface area contributed by atoms with Gasteiger partial charge in [-0.15, -0.1) is 11.3 Å². The molecule has 1 fully saturated rings. The molecule has 0 spiro atoms. The van der Waals surface area contributed by atoms with Gasteiger partial charge in [-0.3, -0.25) is 4.79 Å². The third-order valence-electron chi connectivity index (χ3n) is 3.22. The van der Waals surface area contributed by atoms with Crippen LogP contribution in [-0.2, 0) is 13.8 Å². The molecule has 0 saturated heterocycles. The highest BCUT2D eigenvalue weighted by Gasteiger charge is 2.31. The number of rotatable bonds is 4. The zero-order valence-electron chi connectivity index (χ0n) is 10.5. The zero-order chi connectivity index (χ0) is 14.2. The SMILES string of the molecule is COC1CC(NC(=O)c2csc(S(=O)(=O)Cl)c2C)C1. The van der Waals surface area contributed by atoms with E-state index in [1.54, 1.807) is 14.0 Å². The van der Waals surface area contributed by atoms with Gasteiger partial charge in [-0.2, -0.15) is 0 Å². The lowest BCUT2D eigenvalue weighted by molar-refractivity contribution is 0.0176. The van der Waals surface area contributed by atoms with E-state index in [2.05, 4.69) is 5.32 Å². The molecule has 0 aliphatic heterocycles. The number of amides is 1. The maximum Gasteiger partial charge on any atom is 0.271 e. The average Bonchev–Trinajstić information content (AvgIpc) is 2.64. The molecule has 0 unspecified atom stereocenters. The van der Waals surface area contributed by atoms with Crippen molar-refractivity contribution < 1.29 is 17.9 Å². The highest BCUT2D eigenvalue weighted by Crippen LogP contribution is 2.30. The molecule has 19 heavy (non-hydrogen) atoms. The van der Waals surface area contributed by atoms with Crippen LogP contribution in [0.25, 0.3) is 0 Å². The van der Waals surface area contributed by atoms with Crippen LogP contribution in [0.3, 0.4) is 0 Å². The number of halogens is 1. The molecular weight excluding hydrogens is 310 g/mol. The van der Waals surface area contributed by atoms with Gasteiger partial charge in [-0.1, -0.05) is 0 Å². The predicted octanol–water partition coefficient (Wildman–Crippen LogP) is 1.89. The Labute approximate surface area is 120 Å². The third kappa shape index (κ3) is 3.10. The predicted molar refractivity (Wildman–Crippen MR) is 73.4 cm³/mol. The van der Waals surface area contributed by atoms with Crippen LogP contribution in [0.5, 0.6) is 0 Å². The van der Waals surface area contributed by atoms with Crippen molar-refractivity contribution in [3.05, 3.63) is 16.5 Å². The summed E-state index contributed by atoms with van der Waals surface area (Å²) in [6.45, 7) is 1.58. The molecule has 1 saturated carbocycles. The normalized spacial score (nSPS) is 22.9. The number of methoxy groups -OCH3 is 1. The Morgan fingerprint density at radius 2 is 2.16 bits per heavy atom. The second-order valence-corrected chi connectivity index (χ2v) is 8.14. The van der Waals surface area contributed by atoms with Crippen LogP contribution >= 0.6 is 22.0 Å². The van der Waals surface area contributed by atoms with Gasteiger partial charge in [-0.25, -0.2) is 8.42 Å². The summed E-state index contributed by atoms with van der Waals surface area (Å²) in [6.07, 6.45) is 1.77. The number of thiophene rings is 1. The van der Waals surface area contributed by atoms with Crippen molar-refractivity contribution in [2.45, 2.75) is 36.1 Å². The summed E-state index contributed by atoms with van der Waals surface area (Å²) in [5.41, 5.74) is 0.769. The first kappa shape index (κ1) is 14.8. The summed E-state index contributed by atoms with van der Waals surface area (Å²) in [7, 11) is 3.15. The number of carbonyl (C=O) groups excluding carboxylic acids is 1. The van der Waals surface area contributed by atoms with Gasteiger partial charge in [0.25, 0.3) is 15.0 Å². The topological polar surface area (TPSA) is 72.5 Å². The zero-order valence-corrected chi connectivity index (χ0v) is 12.9. The highest BCUT2D eigenvalue weighted by atomic mass is 35.7. The molecular formula is C11H14ClNO4S2. The second kappa shape index (κ2) is 5.40. The van der Waals surface area contributed by atoms with Gasteiger partial charge < -0.3 is 10.1 Å². The first-order valence-corrected chi connectivity index (χ1v) is 8.88. The van der Waals surface area contributed by atoms with Crippen LogP contribution in [0.2, 0.25) is 0 Å². The van der Waals surface area contributed by atoms with E-state index in [4.69, 9.17) is 15.4 Å². The minimum atomic E-state index is -3.79. The molecule has 8 heteroatoms. The molecule has 1 aromatic rings. The van der Waals surface area contributed by atoms with Gasteiger partial charge in [0.05, 0.1) is 11.7 Å². The van der Waals surface area contributed by atoms with E-state index in [-0.39, 0.29) is 22.3 Å². The summed E-state index contributed by atoms with van der Waals surface area (Å²) >= 11 is 0.964. The molecule has 106 valence electrons. The Bertz CT molecular complexity index is 590. The summed E-state index contributed by atoms with van der Waals surface area (Å²) in [5.74, 6) is -0.264. The Morgan fingerprint density at radius 1 is 1.53 bits per heavy atom. The van der Waals surface area contributed by atoms with Gasteiger partial charge >= 0.3 is 0 Å². The number of hydrogen-bond donors (Lipinski definition) is 1. The Morgan fingerprint density at radius 3 is 2.63 bits per heavy atom. The quantitative estimate of drug-likeness (QED) is 0.859. The van der Waals surface area contributed by atoms with E-state index in [9.17, 15) is 13.2 Å². The molecule has 1 heterocycles. The molecule has 0 radical (unpaired) electrons. The third-order valence-corrected chi connectivity index (χ3v) is 6.53. The maximum absolute atomic E-state index is 12.0. The van der Waals surface area contributed by atoms with E-state index in [1.165, 1.54) is 5.38 Å². The van der Waals surface area contributed by atoms with Crippen molar-refractivity contribution in [2.75, 3.05) is 7.11 Å². The van der Waals surface area contributed by atoms with Crippen molar-refractivity contribution in [3.63, 3.8) is 0 Å². The molecule has 0 aromatic carbocycles. The van der Waals surface area contributed by atoms with Crippen molar-refractivity contribution in [1.82, 2.24) is 5.32 Å². The Hall–Kier alpha value is -0.630. The molecule has 1 aromatic heterocycles. The highest BCUT2D eigenvalue weighted by molar-refractivity contribution is 8.15. The summed E-state index contributed by atoms with van der Waals surface area (Å²) < 4.78 is 27.7. The van der Waals surface area contributed by atoms with E-state index in [0.29, 0.717) is 11.1 Å². The fourth-order valence-electron chi connectivity index (χ4n) is 2.00. The van der Waals surface area contributed by atoms with Crippen molar-refractivity contribution >= 4 is 37.0 Å². The molecule has 1 aliphatic carbocycles. The van der Waals surface area contributed by atoms with Crippen LogP contribution in [0.4, 0.5) is 0 Å². The molecule has 0 bridgehead atoms. The maximum atomic E-state index is 12.0. The fraction of sp³-hybridized carbons (Fsp3) is 0.545. The van der Waals surface area contributed by atoms with Gasteiger partial charge in [0, 0.05) is 29.2 Å². The van der Waals surface area contributed by atoms with Crippen LogP contribution in [-0.4, -0.2) is 33.6 Å². The standard InChI is InChI=1S/C11H14ClNO4S2/c1-6-9(5-18-11(6)19(12,15)16)10(14)13-7-3-8(4-7)17-2/h5,7-8H,3-4H2,1-2H3,(H,13,14). The van der Waals surface area contributed by atoms with Crippen molar-refractivity contribution in [3.8, 4) is 0 Å². The molecule has 0 atom stereocenters. The lowest BCUT2D eigenvalue weighted by Gasteiger charge is -2.34. The lowest BCUT2D eigenvalue weighted by Crippen LogP contribution is -2.47. The Balaban J connectivity index is 2.07. The molecule has 1 N–H and O–H groups in total. The Kier molecular flexibility index (Phi) is 4.20. The van der Waals surface area contributed by atoms with Crippen LogP contribution < -0.4 is 5.32 Å². The van der Waals surface area contributed by atoms with E-state index >= 15 is 0 Å². The summed E-state index contributed by atoms with van der Waals surface area (Å²) in [4.78, 5) is 12.0. The number of nitrogens with one attached hydrogen (secondary N) is 1. The lowest BCUT2D eigenvalue weighted by atomic mass is 9.89. The minimum absolute atomic E-state index is 0.0303. The van der Waals surface area contributed by atoms with Crippen LogP contribution in [0, 0.1) is 6.92 Å². The average molecular weight is 324 g/mol. The first-order chi connectivity index (χ1) is 8.82. The summed E-state index contributed by atoms with van der Waals surface area (Å²) in [5, 5.41) is 4.37. The monoisotopic (exact) mass is 323 g/mol. The first-order valence-electron chi connectivity index (χ1n) is 5.69. The van der Waals surface area contributed by atoms with Crippen LogP contribution in [0.1, 0.15) is 28.8 Å². The molecule has 1 amide bonds. The summed E-state index contributed by atoms with van der Waals surface area (Å²) in [6, 6.07) is 0.0906. The van der Waals surface area contributed by atoms with E-state index in [0.717, 1.165) is 24.2 Å². The van der Waals surface area contributed by atoms with Gasteiger partial charge in [0.15, 0.2) is 0 Å². The molecule has 1 aliphatic rings. The molecule has 2 rings (SSSR count). The van der Waals surface area contributed by atoms with Crippen molar-refractivity contribution in [2.24, 2.45) is 0 Å². The molecule has 5 nitrogen and oxygen atoms in total. The number of hydrogen-bond acceptors (Lipinski definition) is 5. The van der Waals surface area contributed by atoms with Crippen LogP contribution in [0.15, 0.2) is 9.59 Å². The minimum Gasteiger partial charge on any atom is -0.381 e. The van der Waals surface area contributed by atoms with Gasteiger partial charge in [0.1, 0.15) is 4.21 Å². The van der Waals surface area contributed by atoms with Gasteiger partial charge in [-0.05, 0) is 25.3 Å². The number of ether oxygens (including phenoxy) is 1. The fourth-order valence-corrected chi connectivity index (χ4v) is 4.55. The van der Waals surface area contributed by atoms with E-state index in [1.807, 2.05) is 0 Å². The van der Waals surface area contributed by atoms with Crippen molar-refractivity contribution in [1.29, 1.82) is 0 Å². The van der Waals surface area contributed by atoms with Gasteiger partial charge in [0.2, 0.25) is 0 Å². The number of carbonyl (C=O) groups is 1. The van der Waals surface area contributed by atoms with E-state index < -0.39 is 9.05 Å². The smallest absolute Gasteiger partial charge is 0.271 e. The largest absolute Gasteiger partial charge is 0.381 e. The second-order valence-electron chi connectivity index (χ2n) is 4.50.